The van der Waals surface area contributed by atoms with Crippen LogP contribution in [-0.2, 0) is 0 Å². The van der Waals surface area contributed by atoms with Crippen LogP contribution in [0.25, 0.3) is 0 Å². The second kappa shape index (κ2) is 5.41. The van der Waals surface area contributed by atoms with Gasteiger partial charge >= 0.3 is 0 Å². The number of rotatable bonds is 2. The SMILES string of the molecule is CC=CCC=CF. The third-order valence-corrected chi connectivity index (χ3v) is 0.597. The lowest BCUT2D eigenvalue weighted by atomic mass is 10.4. The maximum Gasteiger partial charge on any atom is 0.0830 e. The lowest BCUT2D eigenvalue weighted by molar-refractivity contribution is 0.717. The predicted molar refractivity (Wildman–Crippen MR) is 29.7 cm³/mol. The number of halogens is 1. The van der Waals surface area contributed by atoms with Crippen LogP contribution in [0.15, 0.2) is 24.6 Å². The molecule has 0 saturated carbocycles. The van der Waals surface area contributed by atoms with Gasteiger partial charge in [-0.25, -0.2) is 4.39 Å². The van der Waals surface area contributed by atoms with Gasteiger partial charge in [-0.1, -0.05) is 18.2 Å². The first-order valence-electron chi connectivity index (χ1n) is 2.28. The molecule has 0 atom stereocenters. The Kier molecular flexibility index (Phi) is 4.95. The van der Waals surface area contributed by atoms with Crippen LogP contribution in [0.1, 0.15) is 13.3 Å². The zero-order chi connectivity index (χ0) is 5.54. The Bertz CT molecular complexity index is 62.2. The standard InChI is InChI=1S/C6H9F/c1-2-3-4-5-6-7/h2-3,5-6H,4H2,1H3. The Morgan fingerprint density at radius 1 is 1.43 bits per heavy atom. The quantitative estimate of drug-likeness (QED) is 0.467. The van der Waals surface area contributed by atoms with Gasteiger partial charge in [-0.2, -0.15) is 0 Å². The van der Waals surface area contributed by atoms with Gasteiger partial charge in [0.25, 0.3) is 0 Å². The molecule has 0 aliphatic heterocycles. The van der Waals surface area contributed by atoms with Gasteiger partial charge in [0.15, 0.2) is 0 Å². The smallest absolute Gasteiger partial charge is 0.0830 e. The summed E-state index contributed by atoms with van der Waals surface area (Å²) in [5.74, 6) is 0. The highest BCUT2D eigenvalue weighted by Gasteiger charge is 1.63. The van der Waals surface area contributed by atoms with Crippen molar-refractivity contribution in [2.24, 2.45) is 0 Å². The van der Waals surface area contributed by atoms with E-state index >= 15 is 0 Å². The summed E-state index contributed by atoms with van der Waals surface area (Å²) in [5.41, 5.74) is 0. The molecule has 0 aliphatic carbocycles. The van der Waals surface area contributed by atoms with E-state index in [9.17, 15) is 4.39 Å². The topological polar surface area (TPSA) is 0 Å². The first kappa shape index (κ1) is 6.41. The molecule has 0 fully saturated rings. The van der Waals surface area contributed by atoms with Gasteiger partial charge in [0.1, 0.15) is 0 Å². The van der Waals surface area contributed by atoms with Gasteiger partial charge in [0.05, 0.1) is 6.33 Å². The van der Waals surface area contributed by atoms with Crippen molar-refractivity contribution in [1.82, 2.24) is 0 Å². The summed E-state index contributed by atoms with van der Waals surface area (Å²) in [4.78, 5) is 0. The highest BCUT2D eigenvalue weighted by Crippen LogP contribution is 1.83. The molecule has 0 nitrogen and oxygen atoms in total. The first-order chi connectivity index (χ1) is 3.41. The maximum atomic E-state index is 11.1. The van der Waals surface area contributed by atoms with Crippen LogP contribution in [0, 0.1) is 0 Å². The highest BCUT2D eigenvalue weighted by atomic mass is 19.1. The minimum absolute atomic E-state index is 0.556. The Hall–Kier alpha value is -0.590. The molecule has 0 rings (SSSR count). The van der Waals surface area contributed by atoms with Crippen LogP contribution >= 0.6 is 0 Å². The van der Waals surface area contributed by atoms with E-state index in [1.165, 1.54) is 6.08 Å². The number of hydrogen-bond donors (Lipinski definition) is 0. The van der Waals surface area contributed by atoms with Crippen molar-refractivity contribution in [3.8, 4) is 0 Å². The predicted octanol–water partition coefficient (Wildman–Crippen LogP) is 2.44. The average molecular weight is 100 g/mol. The van der Waals surface area contributed by atoms with E-state index in [1.54, 1.807) is 0 Å². The van der Waals surface area contributed by atoms with Crippen LogP contribution in [0.5, 0.6) is 0 Å². The van der Waals surface area contributed by atoms with Gasteiger partial charge in [-0.05, 0) is 13.3 Å². The molecule has 0 bridgehead atoms. The molecular formula is C6H9F. The first-order valence-corrected chi connectivity index (χ1v) is 2.28. The average Bonchev–Trinajstić information content (AvgIpc) is 1.69. The minimum atomic E-state index is 0.556. The molecule has 0 N–H and O–H groups in total. The molecule has 0 unspecified atom stereocenters. The van der Waals surface area contributed by atoms with Crippen LogP contribution in [0.4, 0.5) is 4.39 Å². The summed E-state index contributed by atoms with van der Waals surface area (Å²) in [7, 11) is 0. The normalized spacial score (nSPS) is 11.7. The van der Waals surface area contributed by atoms with E-state index in [4.69, 9.17) is 0 Å². The summed E-state index contributed by atoms with van der Waals surface area (Å²) in [6.45, 7) is 1.91. The van der Waals surface area contributed by atoms with Crippen LogP contribution in [0.2, 0.25) is 0 Å². The zero-order valence-corrected chi connectivity index (χ0v) is 4.39. The molecule has 0 aromatic heterocycles. The fourth-order valence-electron chi connectivity index (χ4n) is 0.266. The molecule has 40 valence electrons. The van der Waals surface area contributed by atoms with Crippen molar-refractivity contribution in [1.29, 1.82) is 0 Å². The molecular weight excluding hydrogens is 91.1 g/mol. The Balaban J connectivity index is 2.98. The number of allylic oxidation sites excluding steroid dienone is 3. The second-order valence-corrected chi connectivity index (χ2v) is 1.17. The van der Waals surface area contributed by atoms with Crippen molar-refractivity contribution in [2.75, 3.05) is 0 Å². The molecule has 0 spiro atoms. The maximum absolute atomic E-state index is 11.1. The molecule has 0 aromatic rings. The zero-order valence-electron chi connectivity index (χ0n) is 4.39. The van der Waals surface area contributed by atoms with Gasteiger partial charge in [0.2, 0.25) is 0 Å². The molecule has 0 saturated heterocycles. The van der Waals surface area contributed by atoms with Crippen LogP contribution in [0.3, 0.4) is 0 Å². The van der Waals surface area contributed by atoms with Gasteiger partial charge in [-0.3, -0.25) is 0 Å². The monoisotopic (exact) mass is 100 g/mol. The third kappa shape index (κ3) is 5.41. The van der Waals surface area contributed by atoms with E-state index in [1.807, 2.05) is 19.1 Å². The molecule has 0 radical (unpaired) electrons. The number of hydrogen-bond acceptors (Lipinski definition) is 0. The van der Waals surface area contributed by atoms with Crippen molar-refractivity contribution < 1.29 is 4.39 Å². The molecule has 0 amide bonds. The van der Waals surface area contributed by atoms with E-state index in [0.29, 0.717) is 12.8 Å². The van der Waals surface area contributed by atoms with E-state index in [-0.39, 0.29) is 0 Å². The third-order valence-electron chi connectivity index (χ3n) is 0.597. The fourth-order valence-corrected chi connectivity index (χ4v) is 0.266. The molecule has 1 heteroatoms. The molecule has 0 aliphatic rings. The lowest BCUT2D eigenvalue weighted by Gasteiger charge is -1.71. The van der Waals surface area contributed by atoms with Crippen molar-refractivity contribution in [2.45, 2.75) is 13.3 Å². The highest BCUT2D eigenvalue weighted by molar-refractivity contribution is 4.87. The fraction of sp³-hybridized carbons (Fsp3) is 0.333. The molecule has 0 heterocycles. The summed E-state index contributed by atoms with van der Waals surface area (Å²) < 4.78 is 11.1. The lowest BCUT2D eigenvalue weighted by Crippen LogP contribution is -1.51. The van der Waals surface area contributed by atoms with Crippen molar-refractivity contribution >= 4 is 0 Å². The van der Waals surface area contributed by atoms with Crippen LogP contribution in [-0.4, -0.2) is 0 Å². The Morgan fingerprint density at radius 3 is 2.57 bits per heavy atom. The summed E-state index contributed by atoms with van der Waals surface area (Å²) in [6.07, 6.45) is 6.49. The summed E-state index contributed by atoms with van der Waals surface area (Å²) in [5, 5.41) is 0. The second-order valence-electron chi connectivity index (χ2n) is 1.17. The summed E-state index contributed by atoms with van der Waals surface area (Å²) >= 11 is 0. The van der Waals surface area contributed by atoms with Crippen molar-refractivity contribution in [3.63, 3.8) is 0 Å². The van der Waals surface area contributed by atoms with Crippen molar-refractivity contribution in [3.05, 3.63) is 24.6 Å². The van der Waals surface area contributed by atoms with Gasteiger partial charge < -0.3 is 0 Å². The van der Waals surface area contributed by atoms with Crippen LogP contribution < -0.4 is 0 Å². The Morgan fingerprint density at radius 2 is 2.14 bits per heavy atom. The van der Waals surface area contributed by atoms with E-state index in [0.717, 1.165) is 0 Å². The van der Waals surface area contributed by atoms with E-state index in [2.05, 4.69) is 0 Å². The van der Waals surface area contributed by atoms with E-state index < -0.39 is 0 Å². The van der Waals surface area contributed by atoms with Gasteiger partial charge in [0, 0.05) is 0 Å². The molecule has 0 aromatic carbocycles. The largest absolute Gasteiger partial charge is 0.216 e. The summed E-state index contributed by atoms with van der Waals surface area (Å²) in [6, 6.07) is 0. The minimum Gasteiger partial charge on any atom is -0.216 e. The Labute approximate surface area is 43.4 Å². The molecule has 7 heavy (non-hydrogen) atoms. The van der Waals surface area contributed by atoms with Gasteiger partial charge in [-0.15, -0.1) is 0 Å².